The van der Waals surface area contributed by atoms with Crippen LogP contribution in [0.25, 0.3) is 0 Å². The molecule has 2 rings (SSSR count). The van der Waals surface area contributed by atoms with E-state index in [1.54, 1.807) is 18.8 Å². The van der Waals surface area contributed by atoms with E-state index in [1.807, 2.05) is 36.7 Å². The van der Waals surface area contributed by atoms with E-state index >= 15 is 0 Å². The Morgan fingerprint density at radius 1 is 1.40 bits per heavy atom. The SMILES string of the molecule is CC(Cc1ccco1)NC(=O)NC(C)Cn1ccnc1. The molecule has 2 heterocycles. The third-order valence-corrected chi connectivity index (χ3v) is 2.89. The van der Waals surface area contributed by atoms with Gasteiger partial charge in [-0.25, -0.2) is 9.78 Å². The second kappa shape index (κ2) is 6.79. The summed E-state index contributed by atoms with van der Waals surface area (Å²) in [5.74, 6) is 0.865. The van der Waals surface area contributed by atoms with Crippen LogP contribution in [0.5, 0.6) is 0 Å². The summed E-state index contributed by atoms with van der Waals surface area (Å²) in [5.41, 5.74) is 0. The van der Waals surface area contributed by atoms with Crippen LogP contribution < -0.4 is 10.6 Å². The summed E-state index contributed by atoms with van der Waals surface area (Å²) in [6, 6.07) is 3.62. The van der Waals surface area contributed by atoms with Crippen molar-refractivity contribution in [2.24, 2.45) is 0 Å². The van der Waals surface area contributed by atoms with Crippen molar-refractivity contribution in [3.63, 3.8) is 0 Å². The molecule has 0 fully saturated rings. The van der Waals surface area contributed by atoms with Crippen LogP contribution in [-0.4, -0.2) is 27.7 Å². The molecule has 2 atom stereocenters. The van der Waals surface area contributed by atoms with E-state index in [0.29, 0.717) is 13.0 Å². The van der Waals surface area contributed by atoms with Crippen molar-refractivity contribution in [1.82, 2.24) is 20.2 Å². The zero-order valence-electron chi connectivity index (χ0n) is 11.7. The summed E-state index contributed by atoms with van der Waals surface area (Å²) >= 11 is 0. The molecule has 6 heteroatoms. The van der Waals surface area contributed by atoms with Crippen LogP contribution in [0.2, 0.25) is 0 Å². The summed E-state index contributed by atoms with van der Waals surface area (Å²) in [6.45, 7) is 4.60. The van der Waals surface area contributed by atoms with Crippen LogP contribution in [0.3, 0.4) is 0 Å². The Morgan fingerprint density at radius 3 is 2.85 bits per heavy atom. The van der Waals surface area contributed by atoms with Crippen molar-refractivity contribution in [1.29, 1.82) is 0 Å². The predicted octanol–water partition coefficient (Wildman–Crippen LogP) is 1.79. The van der Waals surface area contributed by atoms with Crippen LogP contribution in [-0.2, 0) is 13.0 Å². The molecule has 0 aliphatic rings. The molecule has 0 saturated carbocycles. The zero-order valence-corrected chi connectivity index (χ0v) is 11.7. The van der Waals surface area contributed by atoms with Crippen LogP contribution in [0, 0.1) is 0 Å². The van der Waals surface area contributed by atoms with Gasteiger partial charge in [0, 0.05) is 37.4 Å². The maximum absolute atomic E-state index is 11.8. The second-order valence-corrected chi connectivity index (χ2v) is 4.96. The second-order valence-electron chi connectivity index (χ2n) is 4.96. The Labute approximate surface area is 118 Å². The van der Waals surface area contributed by atoms with Crippen molar-refractivity contribution in [3.05, 3.63) is 42.9 Å². The molecule has 2 N–H and O–H groups in total. The number of amides is 2. The lowest BCUT2D eigenvalue weighted by Crippen LogP contribution is -2.46. The highest BCUT2D eigenvalue weighted by Gasteiger charge is 2.12. The molecule has 0 bridgehead atoms. The minimum Gasteiger partial charge on any atom is -0.469 e. The van der Waals surface area contributed by atoms with Crippen LogP contribution in [0.1, 0.15) is 19.6 Å². The summed E-state index contributed by atoms with van der Waals surface area (Å²) in [4.78, 5) is 15.8. The molecule has 2 amide bonds. The van der Waals surface area contributed by atoms with Gasteiger partial charge in [0.2, 0.25) is 0 Å². The molecule has 20 heavy (non-hydrogen) atoms. The molecule has 0 aliphatic carbocycles. The zero-order chi connectivity index (χ0) is 14.4. The first-order chi connectivity index (χ1) is 9.63. The normalized spacial score (nSPS) is 13.7. The summed E-state index contributed by atoms with van der Waals surface area (Å²) < 4.78 is 7.18. The van der Waals surface area contributed by atoms with E-state index in [2.05, 4.69) is 15.6 Å². The number of urea groups is 1. The summed E-state index contributed by atoms with van der Waals surface area (Å²) in [7, 11) is 0. The summed E-state index contributed by atoms with van der Waals surface area (Å²) in [6.07, 6.45) is 7.63. The molecule has 6 nitrogen and oxygen atoms in total. The number of hydrogen-bond donors (Lipinski definition) is 2. The Bertz CT molecular complexity index is 461. The molecule has 2 aromatic rings. The molecule has 2 unspecified atom stereocenters. The van der Waals surface area contributed by atoms with E-state index in [-0.39, 0.29) is 18.1 Å². The highest BCUT2D eigenvalue weighted by atomic mass is 16.3. The van der Waals surface area contributed by atoms with Gasteiger partial charge in [0.25, 0.3) is 0 Å². The van der Waals surface area contributed by atoms with Crippen molar-refractivity contribution in [2.75, 3.05) is 0 Å². The topological polar surface area (TPSA) is 72.1 Å². The molecule has 0 aromatic carbocycles. The quantitative estimate of drug-likeness (QED) is 0.845. The summed E-state index contributed by atoms with van der Waals surface area (Å²) in [5, 5.41) is 5.79. The van der Waals surface area contributed by atoms with E-state index < -0.39 is 0 Å². The molecular weight excluding hydrogens is 256 g/mol. The van der Waals surface area contributed by atoms with E-state index in [0.717, 1.165) is 5.76 Å². The lowest BCUT2D eigenvalue weighted by Gasteiger charge is -2.18. The average molecular weight is 276 g/mol. The standard InChI is InChI=1S/C14H20N4O2/c1-11(8-13-4-3-7-20-13)16-14(19)17-12(2)9-18-6-5-15-10-18/h3-7,10-12H,8-9H2,1-2H3,(H2,16,17,19). The first-order valence-corrected chi connectivity index (χ1v) is 6.68. The molecule has 0 radical (unpaired) electrons. The fraction of sp³-hybridized carbons (Fsp3) is 0.429. The third-order valence-electron chi connectivity index (χ3n) is 2.89. The monoisotopic (exact) mass is 276 g/mol. The maximum atomic E-state index is 11.8. The minimum absolute atomic E-state index is 0.0154. The Hall–Kier alpha value is -2.24. The van der Waals surface area contributed by atoms with Gasteiger partial charge < -0.3 is 19.6 Å². The van der Waals surface area contributed by atoms with Gasteiger partial charge in [-0.15, -0.1) is 0 Å². The van der Waals surface area contributed by atoms with Crippen molar-refractivity contribution < 1.29 is 9.21 Å². The number of furan rings is 1. The van der Waals surface area contributed by atoms with Crippen molar-refractivity contribution in [2.45, 2.75) is 38.9 Å². The maximum Gasteiger partial charge on any atom is 0.315 e. The smallest absolute Gasteiger partial charge is 0.315 e. The lowest BCUT2D eigenvalue weighted by atomic mass is 10.2. The highest BCUT2D eigenvalue weighted by Crippen LogP contribution is 2.03. The number of aromatic nitrogens is 2. The van der Waals surface area contributed by atoms with E-state index in [4.69, 9.17) is 4.42 Å². The van der Waals surface area contributed by atoms with E-state index in [9.17, 15) is 4.79 Å². The van der Waals surface area contributed by atoms with Gasteiger partial charge in [0.15, 0.2) is 0 Å². The molecule has 0 saturated heterocycles. The number of nitrogens with one attached hydrogen (secondary N) is 2. The van der Waals surface area contributed by atoms with Gasteiger partial charge in [0.05, 0.1) is 12.6 Å². The number of rotatable bonds is 6. The van der Waals surface area contributed by atoms with Crippen LogP contribution >= 0.6 is 0 Å². The van der Waals surface area contributed by atoms with Gasteiger partial charge >= 0.3 is 6.03 Å². The number of nitrogens with zero attached hydrogens (tertiary/aromatic N) is 2. The molecule has 108 valence electrons. The highest BCUT2D eigenvalue weighted by molar-refractivity contribution is 5.74. The molecule has 0 aliphatic heterocycles. The largest absolute Gasteiger partial charge is 0.469 e. The number of carbonyl (C=O) groups is 1. The third kappa shape index (κ3) is 4.46. The number of carbonyl (C=O) groups excluding carboxylic acids is 1. The fourth-order valence-corrected chi connectivity index (χ4v) is 2.03. The van der Waals surface area contributed by atoms with Gasteiger partial charge in [0.1, 0.15) is 5.76 Å². The Kier molecular flexibility index (Phi) is 4.81. The van der Waals surface area contributed by atoms with Gasteiger partial charge in [-0.3, -0.25) is 0 Å². The van der Waals surface area contributed by atoms with Crippen LogP contribution in [0.4, 0.5) is 4.79 Å². The lowest BCUT2D eigenvalue weighted by molar-refractivity contribution is 0.233. The van der Waals surface area contributed by atoms with Crippen molar-refractivity contribution >= 4 is 6.03 Å². The predicted molar refractivity (Wildman–Crippen MR) is 75.2 cm³/mol. The fourth-order valence-electron chi connectivity index (χ4n) is 2.03. The van der Waals surface area contributed by atoms with Gasteiger partial charge in [-0.2, -0.15) is 0 Å². The molecular formula is C14H20N4O2. The van der Waals surface area contributed by atoms with Gasteiger partial charge in [-0.1, -0.05) is 0 Å². The molecule has 0 spiro atoms. The number of imidazole rings is 1. The molecule has 2 aromatic heterocycles. The van der Waals surface area contributed by atoms with Crippen LogP contribution in [0.15, 0.2) is 41.5 Å². The number of hydrogen-bond acceptors (Lipinski definition) is 3. The Morgan fingerprint density at radius 2 is 2.20 bits per heavy atom. The van der Waals surface area contributed by atoms with Crippen molar-refractivity contribution in [3.8, 4) is 0 Å². The Balaban J connectivity index is 1.71. The first-order valence-electron chi connectivity index (χ1n) is 6.68. The average Bonchev–Trinajstić information content (AvgIpc) is 3.01. The van der Waals surface area contributed by atoms with Gasteiger partial charge in [-0.05, 0) is 26.0 Å². The minimum atomic E-state index is -0.170. The first kappa shape index (κ1) is 14.2. The van der Waals surface area contributed by atoms with E-state index in [1.165, 1.54) is 0 Å².